The molecule has 0 aromatic carbocycles. The summed E-state index contributed by atoms with van der Waals surface area (Å²) in [4.78, 5) is 13.4. The maximum Gasteiger partial charge on any atom is 0.409 e. The van der Waals surface area contributed by atoms with Gasteiger partial charge in [0.15, 0.2) is 0 Å². The van der Waals surface area contributed by atoms with E-state index in [4.69, 9.17) is 4.74 Å². The van der Waals surface area contributed by atoms with Crippen molar-refractivity contribution in [2.24, 2.45) is 5.41 Å². The minimum Gasteiger partial charge on any atom is -0.449 e. The van der Waals surface area contributed by atoms with Gasteiger partial charge in [0.1, 0.15) is 0 Å². The summed E-state index contributed by atoms with van der Waals surface area (Å²) in [6, 6.07) is 0. The fourth-order valence-corrected chi connectivity index (χ4v) is 2.39. The Morgan fingerprint density at radius 1 is 1.47 bits per heavy atom. The molecule has 2 aliphatic rings. The number of nitrogens with zero attached hydrogens (tertiary/aromatic N) is 1. The van der Waals surface area contributed by atoms with Gasteiger partial charge in [-0.1, -0.05) is 6.92 Å². The Morgan fingerprint density at radius 2 is 2.20 bits per heavy atom. The van der Waals surface area contributed by atoms with E-state index in [1.807, 2.05) is 4.90 Å². The van der Waals surface area contributed by atoms with Crippen molar-refractivity contribution >= 4 is 6.09 Å². The van der Waals surface area contributed by atoms with E-state index in [0.717, 1.165) is 45.4 Å². The first-order valence-corrected chi connectivity index (χ1v) is 5.82. The lowest BCUT2D eigenvalue weighted by Gasteiger charge is -2.39. The van der Waals surface area contributed by atoms with E-state index >= 15 is 0 Å². The van der Waals surface area contributed by atoms with Gasteiger partial charge in [-0.3, -0.25) is 0 Å². The van der Waals surface area contributed by atoms with Crippen molar-refractivity contribution in [1.29, 1.82) is 0 Å². The van der Waals surface area contributed by atoms with Gasteiger partial charge < -0.3 is 15.0 Å². The molecular formula is C11H20N2O2. The number of cyclic esters (lactones) is 1. The van der Waals surface area contributed by atoms with Crippen molar-refractivity contribution in [3.63, 3.8) is 0 Å². The number of hydrogen-bond acceptors (Lipinski definition) is 3. The highest BCUT2D eigenvalue weighted by molar-refractivity contribution is 5.68. The summed E-state index contributed by atoms with van der Waals surface area (Å²) in [7, 11) is 0. The third kappa shape index (κ3) is 2.62. The second-order valence-electron chi connectivity index (χ2n) is 4.95. The summed E-state index contributed by atoms with van der Waals surface area (Å²) in [6.45, 7) is 6.72. The molecular weight excluding hydrogens is 192 g/mol. The molecule has 1 amide bonds. The molecule has 0 spiro atoms. The molecule has 15 heavy (non-hydrogen) atoms. The topological polar surface area (TPSA) is 41.6 Å². The number of rotatable bonds is 2. The quantitative estimate of drug-likeness (QED) is 0.748. The largest absolute Gasteiger partial charge is 0.449 e. The molecule has 2 fully saturated rings. The van der Waals surface area contributed by atoms with E-state index in [2.05, 4.69) is 12.2 Å². The summed E-state index contributed by atoms with van der Waals surface area (Å²) in [5, 5.41) is 3.35. The molecule has 0 unspecified atom stereocenters. The summed E-state index contributed by atoms with van der Waals surface area (Å²) >= 11 is 0. The Morgan fingerprint density at radius 3 is 2.87 bits per heavy atom. The van der Waals surface area contributed by atoms with E-state index in [0.29, 0.717) is 6.61 Å². The van der Waals surface area contributed by atoms with Crippen LogP contribution in [0, 0.1) is 5.41 Å². The molecule has 2 aliphatic heterocycles. The van der Waals surface area contributed by atoms with Gasteiger partial charge in [-0.15, -0.1) is 0 Å². The van der Waals surface area contributed by atoms with Gasteiger partial charge >= 0.3 is 6.09 Å². The van der Waals surface area contributed by atoms with E-state index in [9.17, 15) is 4.79 Å². The number of carbonyl (C=O) groups is 1. The van der Waals surface area contributed by atoms with Crippen molar-refractivity contribution in [3.8, 4) is 0 Å². The highest BCUT2D eigenvalue weighted by Gasteiger charge is 2.32. The number of amides is 1. The van der Waals surface area contributed by atoms with Crippen molar-refractivity contribution in [3.05, 3.63) is 0 Å². The maximum atomic E-state index is 11.5. The number of ether oxygens (including phenoxy) is 1. The molecule has 0 radical (unpaired) electrons. The predicted octanol–water partition coefficient (Wildman–Crippen LogP) is 1.22. The monoisotopic (exact) mass is 212 g/mol. The summed E-state index contributed by atoms with van der Waals surface area (Å²) in [6.07, 6.45) is 3.15. The summed E-state index contributed by atoms with van der Waals surface area (Å²) in [5.74, 6) is 0. The van der Waals surface area contributed by atoms with Gasteiger partial charge in [0.2, 0.25) is 0 Å². The van der Waals surface area contributed by atoms with Crippen LogP contribution in [0.15, 0.2) is 0 Å². The zero-order valence-corrected chi connectivity index (χ0v) is 9.42. The van der Waals surface area contributed by atoms with Crippen LogP contribution < -0.4 is 5.32 Å². The van der Waals surface area contributed by atoms with Gasteiger partial charge in [0.05, 0.1) is 6.61 Å². The zero-order chi connectivity index (χ0) is 10.7. The highest BCUT2D eigenvalue weighted by Crippen LogP contribution is 2.29. The number of carbonyl (C=O) groups excluding carboxylic acids is 1. The van der Waals surface area contributed by atoms with Crippen LogP contribution in [0.5, 0.6) is 0 Å². The fourth-order valence-electron chi connectivity index (χ4n) is 2.39. The van der Waals surface area contributed by atoms with E-state index in [1.54, 1.807) is 0 Å². The van der Waals surface area contributed by atoms with Gasteiger partial charge in [-0.25, -0.2) is 4.79 Å². The molecule has 2 rings (SSSR count). The Balaban J connectivity index is 1.91. The average molecular weight is 212 g/mol. The first-order chi connectivity index (χ1) is 7.20. The number of piperidine rings is 1. The normalized spacial score (nSPS) is 26.2. The predicted molar refractivity (Wildman–Crippen MR) is 57.7 cm³/mol. The molecule has 0 aliphatic carbocycles. The van der Waals surface area contributed by atoms with Crippen molar-refractivity contribution in [2.45, 2.75) is 26.2 Å². The van der Waals surface area contributed by atoms with Gasteiger partial charge in [0, 0.05) is 13.1 Å². The molecule has 4 heteroatoms. The molecule has 0 aromatic heterocycles. The maximum absolute atomic E-state index is 11.5. The van der Waals surface area contributed by atoms with E-state index in [-0.39, 0.29) is 11.5 Å². The van der Waals surface area contributed by atoms with Crippen LogP contribution in [0.3, 0.4) is 0 Å². The van der Waals surface area contributed by atoms with Crippen LogP contribution in [0.1, 0.15) is 26.2 Å². The molecule has 0 saturated carbocycles. The second-order valence-corrected chi connectivity index (χ2v) is 4.95. The molecule has 0 aromatic rings. The molecule has 0 atom stereocenters. The lowest BCUT2D eigenvalue weighted by atomic mass is 9.80. The highest BCUT2D eigenvalue weighted by atomic mass is 16.6. The first-order valence-electron chi connectivity index (χ1n) is 5.82. The van der Waals surface area contributed by atoms with Crippen LogP contribution in [0.25, 0.3) is 0 Å². The molecule has 2 saturated heterocycles. The third-order valence-electron chi connectivity index (χ3n) is 3.44. The number of nitrogens with one attached hydrogen (secondary N) is 1. The van der Waals surface area contributed by atoms with Crippen LogP contribution in [-0.2, 0) is 4.74 Å². The minimum atomic E-state index is -0.124. The smallest absolute Gasteiger partial charge is 0.409 e. The lowest BCUT2D eigenvalue weighted by Crippen LogP contribution is -2.47. The summed E-state index contributed by atoms with van der Waals surface area (Å²) < 4.78 is 5.05. The van der Waals surface area contributed by atoms with Gasteiger partial charge in [-0.2, -0.15) is 0 Å². The fraction of sp³-hybridized carbons (Fsp3) is 0.909. The third-order valence-corrected chi connectivity index (χ3v) is 3.44. The van der Waals surface area contributed by atoms with Crippen molar-refractivity contribution < 1.29 is 9.53 Å². The molecule has 0 bridgehead atoms. The van der Waals surface area contributed by atoms with Crippen molar-refractivity contribution in [1.82, 2.24) is 10.2 Å². The van der Waals surface area contributed by atoms with Crippen LogP contribution >= 0.6 is 0 Å². The first kappa shape index (κ1) is 10.7. The lowest BCUT2D eigenvalue weighted by molar-refractivity contribution is 0.0479. The zero-order valence-electron chi connectivity index (χ0n) is 9.42. The molecule has 86 valence electrons. The van der Waals surface area contributed by atoms with Crippen molar-refractivity contribution in [2.75, 3.05) is 32.8 Å². The van der Waals surface area contributed by atoms with E-state index < -0.39 is 0 Å². The summed E-state index contributed by atoms with van der Waals surface area (Å²) in [5.41, 5.74) is 0.279. The van der Waals surface area contributed by atoms with Gasteiger partial charge in [0.25, 0.3) is 0 Å². The molecule has 2 heterocycles. The van der Waals surface area contributed by atoms with Crippen LogP contribution in [-0.4, -0.2) is 43.8 Å². The number of hydrogen-bond donors (Lipinski definition) is 1. The van der Waals surface area contributed by atoms with Crippen LogP contribution in [0.2, 0.25) is 0 Å². The molecule has 1 N–H and O–H groups in total. The van der Waals surface area contributed by atoms with E-state index in [1.165, 1.54) is 0 Å². The Labute approximate surface area is 91.0 Å². The Kier molecular flexibility index (Phi) is 3.14. The molecule has 4 nitrogen and oxygen atoms in total. The standard InChI is InChI=1S/C11H20N2O2/c1-11(3-5-12-6-4-11)9-13-7-2-8-15-10(13)14/h12H,2-9H2,1H3. The average Bonchev–Trinajstić information content (AvgIpc) is 2.22. The second kappa shape index (κ2) is 4.39. The Hall–Kier alpha value is -0.770. The Bertz CT molecular complexity index is 237. The van der Waals surface area contributed by atoms with Crippen LogP contribution in [0.4, 0.5) is 4.79 Å². The SMILES string of the molecule is CC1(CN2CCCOC2=O)CCNCC1. The minimum absolute atomic E-state index is 0.124. The van der Waals surface area contributed by atoms with Gasteiger partial charge in [-0.05, 0) is 37.8 Å².